The second-order valence-electron chi connectivity index (χ2n) is 7.37. The van der Waals surface area contributed by atoms with Crippen molar-refractivity contribution in [3.05, 3.63) is 65.5 Å². The van der Waals surface area contributed by atoms with Crippen LogP contribution in [0.2, 0.25) is 0 Å². The topological polar surface area (TPSA) is 32.8 Å². The highest BCUT2D eigenvalue weighted by molar-refractivity contribution is 5.87. The summed E-state index contributed by atoms with van der Waals surface area (Å²) in [6.07, 6.45) is 1.15. The van der Waals surface area contributed by atoms with Gasteiger partial charge in [-0.05, 0) is 67.7 Å². The van der Waals surface area contributed by atoms with Crippen LogP contribution in [-0.4, -0.2) is 36.7 Å². The van der Waals surface area contributed by atoms with Gasteiger partial charge in [0.1, 0.15) is 11.9 Å². The van der Waals surface area contributed by atoms with Gasteiger partial charge in [-0.3, -0.25) is 9.80 Å². The Morgan fingerprint density at radius 2 is 1.86 bits per heavy atom. The van der Waals surface area contributed by atoms with E-state index in [0.29, 0.717) is 23.7 Å². The van der Waals surface area contributed by atoms with E-state index in [0.717, 1.165) is 38.1 Å². The first-order valence-electron chi connectivity index (χ1n) is 9.39. The van der Waals surface area contributed by atoms with Crippen LogP contribution in [0.1, 0.15) is 18.4 Å². The fraction of sp³-hybridized carbons (Fsp3) is 0.381. The molecule has 1 unspecified atom stereocenters. The van der Waals surface area contributed by atoms with E-state index >= 15 is 0 Å². The normalized spacial score (nSPS) is 23.5. The summed E-state index contributed by atoms with van der Waals surface area (Å²) in [5.74, 6) is -2.13. The maximum absolute atomic E-state index is 13.7. The maximum Gasteiger partial charge on any atom is 0.414 e. The number of carbonyl (C=O) groups is 1. The number of piperidine rings is 3. The number of hydrogen-bond acceptors (Lipinski definition) is 3. The van der Waals surface area contributed by atoms with Gasteiger partial charge in [0.2, 0.25) is 0 Å². The van der Waals surface area contributed by atoms with E-state index in [1.807, 2.05) is 0 Å². The Labute approximate surface area is 161 Å². The highest BCUT2D eigenvalue weighted by atomic mass is 19.2. The summed E-state index contributed by atoms with van der Waals surface area (Å²) in [4.78, 5) is 16.5. The molecule has 0 radical (unpaired) electrons. The standard InChI is InChI=1S/C21H21F3N2O2/c22-16-2-1-3-17(11-16)26(12-14-4-5-18(23)19(24)10-14)21(27)28-20-13-25-8-6-15(20)7-9-25/h1-5,10-11,15,20H,6-9,12-13H2. The van der Waals surface area contributed by atoms with Gasteiger partial charge in [0.05, 0.1) is 12.2 Å². The average Bonchev–Trinajstić information content (AvgIpc) is 2.69. The van der Waals surface area contributed by atoms with Crippen molar-refractivity contribution in [1.29, 1.82) is 0 Å². The molecule has 2 aromatic rings. The minimum absolute atomic E-state index is 0.0550. The number of ether oxygens (including phenoxy) is 1. The van der Waals surface area contributed by atoms with E-state index in [2.05, 4.69) is 4.90 Å². The van der Waals surface area contributed by atoms with Gasteiger partial charge in [-0.25, -0.2) is 18.0 Å². The van der Waals surface area contributed by atoms with Crippen LogP contribution in [0.25, 0.3) is 0 Å². The van der Waals surface area contributed by atoms with Gasteiger partial charge in [0.15, 0.2) is 11.6 Å². The van der Waals surface area contributed by atoms with Crippen LogP contribution >= 0.6 is 0 Å². The Hall–Kier alpha value is -2.54. The molecule has 5 rings (SSSR count). The molecule has 0 N–H and O–H groups in total. The molecule has 28 heavy (non-hydrogen) atoms. The molecule has 0 aromatic heterocycles. The number of nitrogens with zero attached hydrogens (tertiary/aromatic N) is 2. The Balaban J connectivity index is 1.57. The smallest absolute Gasteiger partial charge is 0.414 e. The van der Waals surface area contributed by atoms with Crippen LogP contribution < -0.4 is 4.90 Å². The number of rotatable bonds is 4. The molecule has 0 saturated carbocycles. The average molecular weight is 390 g/mol. The summed E-state index contributed by atoms with van der Waals surface area (Å²) < 4.78 is 46.3. The predicted molar refractivity (Wildman–Crippen MR) is 98.4 cm³/mol. The maximum atomic E-state index is 13.7. The summed E-state index contributed by atoms with van der Waals surface area (Å²) in [5.41, 5.74) is 0.685. The van der Waals surface area contributed by atoms with Gasteiger partial charge < -0.3 is 4.74 Å². The summed E-state index contributed by atoms with van der Waals surface area (Å²) >= 11 is 0. The van der Waals surface area contributed by atoms with E-state index in [-0.39, 0.29) is 12.6 Å². The number of hydrogen-bond donors (Lipinski definition) is 0. The molecule has 1 amide bonds. The molecule has 148 valence electrons. The fourth-order valence-electron chi connectivity index (χ4n) is 3.96. The van der Waals surface area contributed by atoms with E-state index in [4.69, 9.17) is 4.74 Å². The number of anilines is 1. The van der Waals surface area contributed by atoms with Crippen molar-refractivity contribution in [2.75, 3.05) is 24.5 Å². The third-order valence-corrected chi connectivity index (χ3v) is 5.51. The van der Waals surface area contributed by atoms with Crippen LogP contribution in [0, 0.1) is 23.4 Å². The molecular weight excluding hydrogens is 369 g/mol. The number of fused-ring (bicyclic) bond motifs is 3. The van der Waals surface area contributed by atoms with Crippen molar-refractivity contribution in [2.45, 2.75) is 25.5 Å². The molecule has 7 heteroatoms. The van der Waals surface area contributed by atoms with Crippen molar-refractivity contribution in [3.63, 3.8) is 0 Å². The van der Waals surface area contributed by atoms with Crippen molar-refractivity contribution in [3.8, 4) is 0 Å². The zero-order valence-corrected chi connectivity index (χ0v) is 15.3. The summed E-state index contributed by atoms with van der Waals surface area (Å²) in [5, 5.41) is 0. The fourth-order valence-corrected chi connectivity index (χ4v) is 3.96. The van der Waals surface area contributed by atoms with E-state index in [1.165, 1.54) is 29.2 Å². The lowest BCUT2D eigenvalue weighted by molar-refractivity contribution is -0.0311. The highest BCUT2D eigenvalue weighted by Crippen LogP contribution is 2.31. The molecule has 3 saturated heterocycles. The summed E-state index contributed by atoms with van der Waals surface area (Å²) in [6, 6.07) is 9.00. The zero-order valence-electron chi connectivity index (χ0n) is 15.3. The van der Waals surface area contributed by atoms with Crippen LogP contribution in [0.3, 0.4) is 0 Å². The van der Waals surface area contributed by atoms with Crippen LogP contribution in [0.15, 0.2) is 42.5 Å². The molecule has 0 aliphatic carbocycles. The number of carbonyl (C=O) groups excluding carboxylic acids is 1. The predicted octanol–water partition coefficient (Wildman–Crippen LogP) is 4.34. The molecule has 3 aliphatic rings. The monoisotopic (exact) mass is 390 g/mol. The summed E-state index contributed by atoms with van der Waals surface area (Å²) in [6.45, 7) is 2.67. The SMILES string of the molecule is O=C(OC1CN2CCC1CC2)N(Cc1ccc(F)c(F)c1)c1cccc(F)c1. The Morgan fingerprint density at radius 3 is 2.50 bits per heavy atom. The van der Waals surface area contributed by atoms with Gasteiger partial charge in [0.25, 0.3) is 0 Å². The molecule has 3 fully saturated rings. The quantitative estimate of drug-likeness (QED) is 0.779. The molecule has 4 nitrogen and oxygen atoms in total. The van der Waals surface area contributed by atoms with Gasteiger partial charge in [-0.2, -0.15) is 0 Å². The first-order valence-corrected chi connectivity index (χ1v) is 9.39. The van der Waals surface area contributed by atoms with Crippen molar-refractivity contribution >= 4 is 11.8 Å². The lowest BCUT2D eigenvalue weighted by Crippen LogP contribution is -2.53. The lowest BCUT2D eigenvalue weighted by Gasteiger charge is -2.44. The van der Waals surface area contributed by atoms with E-state index in [1.54, 1.807) is 6.07 Å². The molecule has 3 aliphatic heterocycles. The lowest BCUT2D eigenvalue weighted by atomic mass is 9.86. The molecule has 2 aromatic carbocycles. The second-order valence-corrected chi connectivity index (χ2v) is 7.37. The van der Waals surface area contributed by atoms with Gasteiger partial charge in [-0.1, -0.05) is 12.1 Å². The first-order chi connectivity index (χ1) is 13.5. The van der Waals surface area contributed by atoms with Crippen molar-refractivity contribution in [1.82, 2.24) is 4.90 Å². The minimum atomic E-state index is -0.998. The van der Waals surface area contributed by atoms with Gasteiger partial charge in [-0.15, -0.1) is 0 Å². The Bertz CT molecular complexity index is 868. The van der Waals surface area contributed by atoms with Crippen LogP contribution in [-0.2, 0) is 11.3 Å². The van der Waals surface area contributed by atoms with Crippen LogP contribution in [0.5, 0.6) is 0 Å². The molecule has 0 spiro atoms. The molecule has 3 heterocycles. The van der Waals surface area contributed by atoms with Gasteiger partial charge >= 0.3 is 6.09 Å². The van der Waals surface area contributed by atoms with Crippen LogP contribution in [0.4, 0.5) is 23.7 Å². The minimum Gasteiger partial charge on any atom is -0.444 e. The van der Waals surface area contributed by atoms with E-state index in [9.17, 15) is 18.0 Å². The van der Waals surface area contributed by atoms with E-state index < -0.39 is 23.5 Å². The van der Waals surface area contributed by atoms with Gasteiger partial charge in [0, 0.05) is 6.54 Å². The first kappa shape index (κ1) is 18.8. The highest BCUT2D eigenvalue weighted by Gasteiger charge is 2.37. The number of benzene rings is 2. The number of amides is 1. The molecule has 2 bridgehead atoms. The van der Waals surface area contributed by atoms with Crippen molar-refractivity contribution < 1.29 is 22.7 Å². The van der Waals surface area contributed by atoms with Crippen molar-refractivity contribution in [2.24, 2.45) is 5.92 Å². The number of halogens is 3. The molecular formula is C21H21F3N2O2. The Kier molecular flexibility index (Phi) is 5.26. The third kappa shape index (κ3) is 3.99. The summed E-state index contributed by atoms with van der Waals surface area (Å²) in [7, 11) is 0. The zero-order chi connectivity index (χ0) is 19.7. The second kappa shape index (κ2) is 7.83. The third-order valence-electron chi connectivity index (χ3n) is 5.51. The molecule has 1 atom stereocenters. The largest absolute Gasteiger partial charge is 0.444 e. The Morgan fingerprint density at radius 1 is 1.07 bits per heavy atom.